The third-order valence-corrected chi connectivity index (χ3v) is 7.37. The molecule has 2 fully saturated rings. The number of rotatable bonds is 7. The van der Waals surface area contributed by atoms with Crippen molar-refractivity contribution in [1.82, 2.24) is 0 Å². The van der Waals surface area contributed by atoms with Gasteiger partial charge in [-0.3, -0.25) is 0 Å². The number of hydrogen-bond acceptors (Lipinski definition) is 1. The van der Waals surface area contributed by atoms with E-state index >= 15 is 0 Å². The fourth-order valence-electron chi connectivity index (χ4n) is 5.19. The van der Waals surface area contributed by atoms with Gasteiger partial charge in [0.1, 0.15) is 0 Å². The summed E-state index contributed by atoms with van der Waals surface area (Å²) in [5.74, 6) is 3.25. The van der Waals surface area contributed by atoms with Crippen molar-refractivity contribution in [3.8, 4) is 5.75 Å². The topological polar surface area (TPSA) is 9.23 Å². The zero-order chi connectivity index (χ0) is 19.2. The molecule has 2 saturated carbocycles. The minimum absolute atomic E-state index is 0.244. The van der Waals surface area contributed by atoms with Gasteiger partial charge in [0.2, 0.25) is 0 Å². The van der Waals surface area contributed by atoms with E-state index in [1.807, 2.05) is 13.0 Å². The molecule has 0 amide bonds. The van der Waals surface area contributed by atoms with Crippen molar-refractivity contribution in [3.05, 3.63) is 41.2 Å². The van der Waals surface area contributed by atoms with Crippen LogP contribution in [0.15, 0.2) is 24.8 Å². The molecular formula is C24H34ClFO. The first kappa shape index (κ1) is 20.7. The Labute approximate surface area is 169 Å². The molecule has 0 radical (unpaired) electrons. The third-order valence-electron chi connectivity index (χ3n) is 6.96. The lowest BCUT2D eigenvalue weighted by Gasteiger charge is -2.37. The van der Waals surface area contributed by atoms with Crippen LogP contribution in [0.2, 0.25) is 5.02 Å². The molecule has 0 aliphatic heterocycles. The van der Waals surface area contributed by atoms with Gasteiger partial charge in [0.15, 0.2) is 11.6 Å². The summed E-state index contributed by atoms with van der Waals surface area (Å²) in [4.78, 5) is 0. The summed E-state index contributed by atoms with van der Waals surface area (Å²) in [6, 6.07) is 3.65. The average Bonchev–Trinajstić information content (AvgIpc) is 2.71. The van der Waals surface area contributed by atoms with Gasteiger partial charge < -0.3 is 4.74 Å². The maximum atomic E-state index is 14.3. The molecule has 0 unspecified atom stereocenters. The number of allylic oxidation sites excluding steroid dienone is 1. The van der Waals surface area contributed by atoms with Crippen molar-refractivity contribution in [1.29, 1.82) is 0 Å². The average molecular weight is 393 g/mol. The Balaban J connectivity index is 1.45. The normalized spacial score (nSPS) is 28.7. The minimum Gasteiger partial charge on any atom is -0.491 e. The molecule has 0 atom stereocenters. The predicted octanol–water partition coefficient (Wildman–Crippen LogP) is 7.61. The smallest absolute Gasteiger partial charge is 0.183 e. The summed E-state index contributed by atoms with van der Waals surface area (Å²) in [5.41, 5.74) is 0.919. The summed E-state index contributed by atoms with van der Waals surface area (Å²) in [6.45, 7) is 6.26. The zero-order valence-corrected chi connectivity index (χ0v) is 17.4. The van der Waals surface area contributed by atoms with Crippen LogP contribution in [0.25, 0.3) is 0 Å². The highest BCUT2D eigenvalue weighted by Gasteiger charge is 2.30. The third kappa shape index (κ3) is 5.28. The highest BCUT2D eigenvalue weighted by atomic mass is 35.5. The van der Waals surface area contributed by atoms with Gasteiger partial charge in [-0.05, 0) is 93.6 Å². The highest BCUT2D eigenvalue weighted by molar-refractivity contribution is 6.31. The molecule has 27 heavy (non-hydrogen) atoms. The van der Waals surface area contributed by atoms with Gasteiger partial charge in [-0.2, -0.15) is 0 Å². The Morgan fingerprint density at radius 2 is 1.70 bits per heavy atom. The fraction of sp³-hybridized carbons (Fsp3) is 0.667. The molecule has 1 aromatic carbocycles. The van der Waals surface area contributed by atoms with Gasteiger partial charge >= 0.3 is 0 Å². The number of aryl methyl sites for hydroxylation is 1. The second-order valence-electron chi connectivity index (χ2n) is 8.51. The van der Waals surface area contributed by atoms with Gasteiger partial charge in [-0.25, -0.2) is 4.39 Å². The van der Waals surface area contributed by atoms with Crippen LogP contribution < -0.4 is 4.74 Å². The minimum atomic E-state index is -0.408. The number of hydrogen-bond donors (Lipinski definition) is 0. The molecule has 150 valence electrons. The lowest BCUT2D eigenvalue weighted by Crippen LogP contribution is -2.25. The van der Waals surface area contributed by atoms with Crippen LogP contribution in [0, 0.1) is 29.5 Å². The summed E-state index contributed by atoms with van der Waals surface area (Å²) in [7, 11) is 0. The molecule has 0 heterocycles. The predicted molar refractivity (Wildman–Crippen MR) is 112 cm³/mol. The van der Waals surface area contributed by atoms with Crippen molar-refractivity contribution >= 4 is 11.6 Å². The number of benzene rings is 1. The number of halogens is 2. The molecule has 1 aromatic rings. The van der Waals surface area contributed by atoms with Crippen LogP contribution in [0.5, 0.6) is 5.75 Å². The van der Waals surface area contributed by atoms with Gasteiger partial charge in [0.05, 0.1) is 11.6 Å². The van der Waals surface area contributed by atoms with E-state index in [1.165, 1.54) is 51.4 Å². The molecule has 3 heteroatoms. The lowest BCUT2D eigenvalue weighted by atomic mass is 9.68. The number of ether oxygens (including phenoxy) is 1. The highest BCUT2D eigenvalue weighted by Crippen LogP contribution is 2.42. The lowest BCUT2D eigenvalue weighted by molar-refractivity contribution is 0.153. The fourth-order valence-corrected chi connectivity index (χ4v) is 5.44. The Bertz CT molecular complexity index is 613. The second kappa shape index (κ2) is 9.96. The van der Waals surface area contributed by atoms with Crippen molar-refractivity contribution in [2.75, 3.05) is 6.61 Å². The van der Waals surface area contributed by atoms with Crippen molar-refractivity contribution in [2.24, 2.45) is 23.7 Å². The van der Waals surface area contributed by atoms with E-state index in [-0.39, 0.29) is 10.8 Å². The van der Waals surface area contributed by atoms with E-state index in [0.29, 0.717) is 6.61 Å². The van der Waals surface area contributed by atoms with Gasteiger partial charge in [0.25, 0.3) is 0 Å². The van der Waals surface area contributed by atoms with Crippen LogP contribution in [0.1, 0.15) is 70.3 Å². The standard InChI is InChI=1S/C24H34ClFO/c1-3-17-5-10-19(11-6-17)20-12-7-18(8-13-20)9-14-21-15-16-22(27-4-2)24(26)23(21)25/h3,15-20H,1,4-14H2,2H3. The van der Waals surface area contributed by atoms with Gasteiger partial charge in [0, 0.05) is 0 Å². The van der Waals surface area contributed by atoms with Crippen LogP contribution in [0.3, 0.4) is 0 Å². The van der Waals surface area contributed by atoms with Crippen LogP contribution in [-0.4, -0.2) is 6.61 Å². The van der Waals surface area contributed by atoms with E-state index in [0.717, 1.165) is 42.1 Å². The molecule has 0 N–H and O–H groups in total. The molecule has 0 saturated heterocycles. The van der Waals surface area contributed by atoms with E-state index < -0.39 is 5.82 Å². The summed E-state index contributed by atoms with van der Waals surface area (Å²) in [6.07, 6.45) is 15.0. The van der Waals surface area contributed by atoms with Crippen LogP contribution >= 0.6 is 11.6 Å². The molecule has 1 nitrogen and oxygen atoms in total. The first-order chi connectivity index (χ1) is 13.1. The molecule has 3 rings (SSSR count). The van der Waals surface area contributed by atoms with E-state index in [9.17, 15) is 4.39 Å². The Morgan fingerprint density at radius 1 is 1.07 bits per heavy atom. The van der Waals surface area contributed by atoms with Crippen molar-refractivity contribution in [3.63, 3.8) is 0 Å². The molecule has 0 bridgehead atoms. The Kier molecular flexibility index (Phi) is 7.64. The maximum Gasteiger partial charge on any atom is 0.183 e. The summed E-state index contributed by atoms with van der Waals surface area (Å²) < 4.78 is 19.5. The molecule has 0 aromatic heterocycles. The van der Waals surface area contributed by atoms with E-state index in [2.05, 4.69) is 12.7 Å². The molecule has 2 aliphatic rings. The summed E-state index contributed by atoms with van der Waals surface area (Å²) >= 11 is 6.24. The molecule has 0 spiro atoms. The molecular weight excluding hydrogens is 359 g/mol. The molecule has 2 aliphatic carbocycles. The Morgan fingerprint density at radius 3 is 2.30 bits per heavy atom. The first-order valence-corrected chi connectivity index (χ1v) is 11.2. The quantitative estimate of drug-likeness (QED) is 0.434. The monoisotopic (exact) mass is 392 g/mol. The Hall–Kier alpha value is -1.02. The van der Waals surface area contributed by atoms with E-state index in [1.54, 1.807) is 6.07 Å². The zero-order valence-electron chi connectivity index (χ0n) is 16.7. The van der Waals surface area contributed by atoms with Crippen molar-refractivity contribution < 1.29 is 9.13 Å². The SMILES string of the molecule is C=CC1CCC(C2CCC(CCc3ccc(OCC)c(F)c3Cl)CC2)CC1. The maximum absolute atomic E-state index is 14.3. The van der Waals surface area contributed by atoms with Crippen LogP contribution in [-0.2, 0) is 6.42 Å². The first-order valence-electron chi connectivity index (χ1n) is 10.8. The largest absolute Gasteiger partial charge is 0.491 e. The van der Waals surface area contributed by atoms with Crippen molar-refractivity contribution in [2.45, 2.75) is 71.1 Å². The second-order valence-corrected chi connectivity index (χ2v) is 8.89. The van der Waals surface area contributed by atoms with Gasteiger partial charge in [-0.1, -0.05) is 36.6 Å². The van der Waals surface area contributed by atoms with Gasteiger partial charge in [-0.15, -0.1) is 6.58 Å². The van der Waals surface area contributed by atoms with E-state index in [4.69, 9.17) is 16.3 Å². The van der Waals surface area contributed by atoms with Crippen LogP contribution in [0.4, 0.5) is 4.39 Å². The summed E-state index contributed by atoms with van der Waals surface area (Å²) in [5, 5.41) is 0.244.